The van der Waals surface area contributed by atoms with Crippen LogP contribution in [0, 0.1) is 0 Å². The van der Waals surface area contributed by atoms with Crippen LogP contribution in [0.3, 0.4) is 0 Å². The molecular weight excluding hydrogens is 635 g/mol. The van der Waals surface area contributed by atoms with Gasteiger partial charge in [-0.25, -0.2) is 24.9 Å². The molecule has 9 aromatic rings. The fraction of sp³-hybridized carbons (Fsp3) is 0. The van der Waals surface area contributed by atoms with Crippen LogP contribution in [0.5, 0.6) is 0 Å². The molecule has 0 atom stereocenters. The van der Waals surface area contributed by atoms with Gasteiger partial charge in [-0.2, -0.15) is 0 Å². The van der Waals surface area contributed by atoms with E-state index in [0.717, 1.165) is 55.2 Å². The summed E-state index contributed by atoms with van der Waals surface area (Å²) in [7, 11) is 0. The summed E-state index contributed by atoms with van der Waals surface area (Å²) >= 11 is 1.67. The van der Waals surface area contributed by atoms with Crippen molar-refractivity contribution < 1.29 is 4.42 Å². The lowest BCUT2D eigenvalue weighted by molar-refractivity contribution is 0.668. The molecule has 0 aliphatic heterocycles. The second-order valence-corrected chi connectivity index (χ2v) is 12.6. The average molecular weight is 662 g/mol. The third-order valence-electron chi connectivity index (χ3n) is 8.53. The van der Waals surface area contributed by atoms with Crippen LogP contribution in [-0.4, -0.2) is 27.0 Å². The van der Waals surface area contributed by atoms with Crippen molar-refractivity contribution >= 4 is 61.1 Å². The smallest absolute Gasteiger partial charge is 0.164 e. The van der Waals surface area contributed by atoms with Crippen LogP contribution >= 0.6 is 11.3 Å². The van der Waals surface area contributed by atoms with E-state index < -0.39 is 0 Å². The molecular formula is C43H27N5OS. The Balaban J connectivity index is 1.25. The van der Waals surface area contributed by atoms with E-state index in [1.54, 1.807) is 11.3 Å². The second kappa shape index (κ2) is 12.8. The number of amidine groups is 1. The number of fused-ring (bicyclic) bond motifs is 4. The molecule has 50 heavy (non-hydrogen) atoms. The Kier molecular flexibility index (Phi) is 7.57. The van der Waals surface area contributed by atoms with E-state index in [4.69, 9.17) is 29.4 Å². The van der Waals surface area contributed by atoms with Gasteiger partial charge in [0, 0.05) is 49.1 Å². The summed E-state index contributed by atoms with van der Waals surface area (Å²) in [5, 5.41) is 5.01. The fourth-order valence-corrected chi connectivity index (χ4v) is 7.01. The monoisotopic (exact) mass is 661 g/mol. The summed E-state index contributed by atoms with van der Waals surface area (Å²) in [5.41, 5.74) is 6.73. The van der Waals surface area contributed by atoms with Crippen LogP contribution in [0.15, 0.2) is 171 Å². The summed E-state index contributed by atoms with van der Waals surface area (Å²) < 4.78 is 7.86. The maximum Gasteiger partial charge on any atom is 0.164 e. The van der Waals surface area contributed by atoms with Crippen LogP contribution in [0.1, 0.15) is 11.1 Å². The molecule has 0 aliphatic rings. The van der Waals surface area contributed by atoms with E-state index in [-0.39, 0.29) is 0 Å². The predicted octanol–water partition coefficient (Wildman–Crippen LogP) is 11.2. The molecule has 0 radical (unpaired) electrons. The normalized spacial score (nSPS) is 12.0. The Bertz CT molecular complexity index is 2640. The van der Waals surface area contributed by atoms with Crippen LogP contribution in [0.25, 0.3) is 66.2 Å². The Hall–Kier alpha value is -6.57. The highest BCUT2D eigenvalue weighted by atomic mass is 32.1. The Morgan fingerprint density at radius 3 is 1.94 bits per heavy atom. The molecule has 0 unspecified atom stereocenters. The van der Waals surface area contributed by atoms with E-state index in [0.29, 0.717) is 28.9 Å². The summed E-state index contributed by atoms with van der Waals surface area (Å²) in [6.45, 7) is 0. The van der Waals surface area contributed by atoms with Gasteiger partial charge in [0.05, 0.1) is 11.3 Å². The maximum atomic E-state index is 6.69. The molecule has 6 nitrogen and oxygen atoms in total. The van der Waals surface area contributed by atoms with Crippen molar-refractivity contribution in [1.29, 1.82) is 0 Å². The molecule has 6 aromatic carbocycles. The number of hydrogen-bond donors (Lipinski definition) is 0. The minimum atomic E-state index is 0.557. The molecule has 3 heterocycles. The molecule has 0 spiro atoms. The molecule has 7 heteroatoms. The van der Waals surface area contributed by atoms with Gasteiger partial charge in [0.25, 0.3) is 0 Å². The van der Waals surface area contributed by atoms with Crippen LogP contribution in [0.4, 0.5) is 5.69 Å². The van der Waals surface area contributed by atoms with Crippen molar-refractivity contribution in [3.05, 3.63) is 168 Å². The summed E-state index contributed by atoms with van der Waals surface area (Å²) in [5.74, 6) is 2.33. The Morgan fingerprint density at radius 1 is 0.580 bits per heavy atom. The summed E-state index contributed by atoms with van der Waals surface area (Å²) in [4.78, 5) is 25.1. The number of aromatic nitrogens is 3. The lowest BCUT2D eigenvalue weighted by atomic mass is 10.0. The van der Waals surface area contributed by atoms with E-state index >= 15 is 0 Å². The first-order valence-corrected chi connectivity index (χ1v) is 17.1. The zero-order chi connectivity index (χ0) is 33.3. The molecule has 236 valence electrons. The molecule has 0 bridgehead atoms. The van der Waals surface area contributed by atoms with Crippen molar-refractivity contribution in [1.82, 2.24) is 15.0 Å². The van der Waals surface area contributed by atoms with E-state index in [1.807, 2.05) is 140 Å². The standard InChI is InChI=1S/C43H27N5OS/c1-4-14-28(15-5-1)26-44-42(45-35-27-50-37-25-11-10-20-31(35)37)34-23-12-21-32-38-33(22-13-24-36(38)49-39(32)34)43-47-40(29-16-6-2-7-17-29)46-41(48-43)30-18-8-3-9-19-30/h1-27H/b44-26+,45-42-. The molecule has 0 amide bonds. The zero-order valence-electron chi connectivity index (χ0n) is 26.6. The Labute approximate surface area is 291 Å². The van der Waals surface area contributed by atoms with Gasteiger partial charge in [0.1, 0.15) is 11.2 Å². The first kappa shape index (κ1) is 29.6. The van der Waals surface area contributed by atoms with Crippen LogP contribution < -0.4 is 0 Å². The first-order chi connectivity index (χ1) is 24.8. The fourth-order valence-electron chi connectivity index (χ4n) is 6.14. The van der Waals surface area contributed by atoms with Gasteiger partial charge in [-0.3, -0.25) is 0 Å². The molecule has 3 aromatic heterocycles. The van der Waals surface area contributed by atoms with Crippen molar-refractivity contribution in [2.24, 2.45) is 9.98 Å². The highest BCUT2D eigenvalue weighted by molar-refractivity contribution is 7.17. The largest absolute Gasteiger partial charge is 0.455 e. The summed E-state index contributed by atoms with van der Waals surface area (Å²) in [6.07, 6.45) is 1.85. The van der Waals surface area contributed by atoms with Gasteiger partial charge in [-0.05, 0) is 23.8 Å². The van der Waals surface area contributed by atoms with Crippen molar-refractivity contribution in [3.63, 3.8) is 0 Å². The second-order valence-electron chi connectivity index (χ2n) is 11.7. The number of furan rings is 1. The third kappa shape index (κ3) is 5.55. The molecule has 0 saturated carbocycles. The number of rotatable bonds is 6. The number of nitrogens with zero attached hydrogens (tertiary/aromatic N) is 5. The average Bonchev–Trinajstić information content (AvgIpc) is 3.79. The van der Waals surface area contributed by atoms with Gasteiger partial charge in [0.15, 0.2) is 23.3 Å². The number of benzene rings is 6. The van der Waals surface area contributed by atoms with Crippen molar-refractivity contribution in [2.45, 2.75) is 0 Å². The summed E-state index contributed by atoms with van der Waals surface area (Å²) in [6, 6.07) is 50.5. The number of aliphatic imine (C=N–C) groups is 2. The molecule has 0 saturated heterocycles. The van der Waals surface area contributed by atoms with Crippen LogP contribution in [0.2, 0.25) is 0 Å². The number of para-hydroxylation sites is 1. The third-order valence-corrected chi connectivity index (χ3v) is 9.48. The minimum Gasteiger partial charge on any atom is -0.455 e. The van der Waals surface area contributed by atoms with Gasteiger partial charge in [0.2, 0.25) is 0 Å². The van der Waals surface area contributed by atoms with Crippen molar-refractivity contribution in [2.75, 3.05) is 0 Å². The molecule has 0 N–H and O–H groups in total. The van der Waals surface area contributed by atoms with E-state index in [2.05, 4.69) is 23.6 Å². The predicted molar refractivity (Wildman–Crippen MR) is 205 cm³/mol. The number of hydrogen-bond acceptors (Lipinski definition) is 6. The highest BCUT2D eigenvalue weighted by Crippen LogP contribution is 2.39. The van der Waals surface area contributed by atoms with Crippen molar-refractivity contribution in [3.8, 4) is 34.2 Å². The van der Waals surface area contributed by atoms with Gasteiger partial charge < -0.3 is 4.42 Å². The maximum absolute atomic E-state index is 6.69. The minimum absolute atomic E-state index is 0.557. The SMILES string of the molecule is C(=N\C(=N/c1csc2ccccc12)c1cccc2c1oc1cccc(-c3nc(-c4ccccc4)nc(-c4ccccc4)n3)c12)/c1ccccc1. The first-order valence-electron chi connectivity index (χ1n) is 16.2. The highest BCUT2D eigenvalue weighted by Gasteiger charge is 2.20. The van der Waals surface area contributed by atoms with E-state index in [9.17, 15) is 0 Å². The molecule has 0 fully saturated rings. The van der Waals surface area contributed by atoms with Gasteiger partial charge in [-0.1, -0.05) is 133 Å². The lowest BCUT2D eigenvalue weighted by Gasteiger charge is -2.09. The van der Waals surface area contributed by atoms with E-state index in [1.165, 1.54) is 4.70 Å². The van der Waals surface area contributed by atoms with Crippen LogP contribution in [-0.2, 0) is 0 Å². The van der Waals surface area contributed by atoms with Gasteiger partial charge >= 0.3 is 0 Å². The number of thiophene rings is 1. The van der Waals surface area contributed by atoms with Gasteiger partial charge in [-0.15, -0.1) is 11.3 Å². The molecule has 0 aliphatic carbocycles. The zero-order valence-corrected chi connectivity index (χ0v) is 27.5. The Morgan fingerprint density at radius 2 is 1.20 bits per heavy atom. The topological polar surface area (TPSA) is 76.5 Å². The molecule has 9 rings (SSSR count). The quantitative estimate of drug-likeness (QED) is 0.131. The lowest BCUT2D eigenvalue weighted by Crippen LogP contribution is -2.00.